The number of benzene rings is 3. The molecule has 5 nitrogen and oxygen atoms in total. The van der Waals surface area contributed by atoms with Crippen molar-refractivity contribution in [3.63, 3.8) is 0 Å². The number of nitrogens with one attached hydrogen (secondary N) is 1. The van der Waals surface area contributed by atoms with Gasteiger partial charge in [0, 0.05) is 11.3 Å². The summed E-state index contributed by atoms with van der Waals surface area (Å²) in [6.45, 7) is 0. The number of carbonyl (C=O) groups excluding carboxylic acids is 2. The molecule has 3 aromatic carbocycles. The third-order valence-corrected chi connectivity index (χ3v) is 4.50. The van der Waals surface area contributed by atoms with E-state index >= 15 is 0 Å². The van der Waals surface area contributed by atoms with E-state index in [1.807, 2.05) is 5.32 Å². The minimum absolute atomic E-state index is 0.00680. The number of methoxy groups -OCH3 is 2. The maximum Gasteiger partial charge on any atom is 0.471 e. The minimum atomic E-state index is -5.01. The van der Waals surface area contributed by atoms with Crippen molar-refractivity contribution < 1.29 is 32.2 Å². The van der Waals surface area contributed by atoms with E-state index in [4.69, 9.17) is 9.47 Å². The number of hydrogen-bond donors (Lipinski definition) is 1. The Labute approximate surface area is 176 Å². The summed E-state index contributed by atoms with van der Waals surface area (Å²) in [5.41, 5.74) is 2.60. The molecule has 0 saturated carbocycles. The first-order chi connectivity index (χ1) is 14.7. The molecule has 0 aliphatic rings. The Morgan fingerprint density at radius 3 is 2.23 bits per heavy atom. The number of esters is 1. The molecule has 8 heteroatoms. The van der Waals surface area contributed by atoms with E-state index in [1.165, 1.54) is 26.4 Å². The van der Waals surface area contributed by atoms with Crippen LogP contribution in [0.15, 0.2) is 66.7 Å². The molecule has 0 aliphatic heterocycles. The van der Waals surface area contributed by atoms with E-state index in [1.54, 1.807) is 54.6 Å². The number of ether oxygens (including phenoxy) is 2. The van der Waals surface area contributed by atoms with Gasteiger partial charge in [-0.15, -0.1) is 0 Å². The third kappa shape index (κ3) is 5.03. The smallest absolute Gasteiger partial charge is 0.471 e. The van der Waals surface area contributed by atoms with Crippen LogP contribution in [0.1, 0.15) is 10.4 Å². The van der Waals surface area contributed by atoms with Gasteiger partial charge < -0.3 is 14.8 Å². The zero-order valence-electron chi connectivity index (χ0n) is 16.6. The SMILES string of the molecule is COC(=O)c1cccc(-c2cc(OC)cc(-c3ccccc3NC(=O)C(F)(F)F)c2)c1. The van der Waals surface area contributed by atoms with Crippen LogP contribution in [0.3, 0.4) is 0 Å². The largest absolute Gasteiger partial charge is 0.497 e. The lowest BCUT2D eigenvalue weighted by atomic mass is 9.96. The summed E-state index contributed by atoms with van der Waals surface area (Å²) < 4.78 is 48.3. The molecule has 1 amide bonds. The molecule has 0 atom stereocenters. The van der Waals surface area contributed by atoms with E-state index in [-0.39, 0.29) is 5.69 Å². The fraction of sp³-hybridized carbons (Fsp3) is 0.130. The highest BCUT2D eigenvalue weighted by molar-refractivity contribution is 5.99. The van der Waals surface area contributed by atoms with Gasteiger partial charge in [-0.25, -0.2) is 4.79 Å². The van der Waals surface area contributed by atoms with E-state index in [0.717, 1.165) is 0 Å². The highest BCUT2D eigenvalue weighted by Crippen LogP contribution is 2.35. The zero-order chi connectivity index (χ0) is 22.6. The molecule has 0 radical (unpaired) electrons. The normalized spacial score (nSPS) is 11.0. The third-order valence-electron chi connectivity index (χ3n) is 4.50. The van der Waals surface area contributed by atoms with Gasteiger partial charge in [0.05, 0.1) is 19.8 Å². The van der Waals surface area contributed by atoms with Crippen LogP contribution in [0.2, 0.25) is 0 Å². The molecule has 0 saturated heterocycles. The Hall–Kier alpha value is -3.81. The van der Waals surface area contributed by atoms with Crippen LogP contribution in [0.5, 0.6) is 5.75 Å². The highest BCUT2D eigenvalue weighted by Gasteiger charge is 2.39. The molecule has 1 N–H and O–H groups in total. The monoisotopic (exact) mass is 429 g/mol. The van der Waals surface area contributed by atoms with Crippen molar-refractivity contribution in [2.75, 3.05) is 19.5 Å². The Bertz CT molecular complexity index is 1130. The Balaban J connectivity index is 2.09. The Kier molecular flexibility index (Phi) is 6.29. The van der Waals surface area contributed by atoms with Crippen molar-refractivity contribution in [1.29, 1.82) is 0 Å². The molecule has 0 aromatic heterocycles. The number of amides is 1. The fourth-order valence-electron chi connectivity index (χ4n) is 3.02. The van der Waals surface area contributed by atoms with Crippen LogP contribution in [0, 0.1) is 0 Å². The summed E-state index contributed by atoms with van der Waals surface area (Å²) in [4.78, 5) is 23.3. The Morgan fingerprint density at radius 1 is 0.839 bits per heavy atom. The average Bonchev–Trinajstić information content (AvgIpc) is 2.78. The predicted octanol–water partition coefficient (Wildman–Crippen LogP) is 5.32. The number of halogens is 3. The van der Waals surface area contributed by atoms with Crippen molar-refractivity contribution in [2.45, 2.75) is 6.18 Å². The first-order valence-electron chi connectivity index (χ1n) is 9.08. The maximum absolute atomic E-state index is 12.7. The lowest BCUT2D eigenvalue weighted by Crippen LogP contribution is -2.30. The number of rotatable bonds is 5. The second-order valence-corrected chi connectivity index (χ2v) is 6.52. The lowest BCUT2D eigenvalue weighted by molar-refractivity contribution is -0.167. The summed E-state index contributed by atoms with van der Waals surface area (Å²) in [6.07, 6.45) is -5.01. The average molecular weight is 429 g/mol. The zero-order valence-corrected chi connectivity index (χ0v) is 16.6. The second kappa shape index (κ2) is 8.91. The summed E-state index contributed by atoms with van der Waals surface area (Å²) in [5, 5.41) is 1.91. The van der Waals surface area contributed by atoms with E-state index in [0.29, 0.717) is 33.6 Å². The van der Waals surface area contributed by atoms with E-state index in [2.05, 4.69) is 0 Å². The van der Waals surface area contributed by atoms with Crippen LogP contribution in [0.4, 0.5) is 18.9 Å². The first-order valence-corrected chi connectivity index (χ1v) is 9.08. The van der Waals surface area contributed by atoms with Crippen LogP contribution in [-0.2, 0) is 9.53 Å². The molecular weight excluding hydrogens is 411 g/mol. The van der Waals surface area contributed by atoms with Gasteiger partial charge in [-0.05, 0) is 53.1 Å². The van der Waals surface area contributed by atoms with Gasteiger partial charge in [0.2, 0.25) is 0 Å². The number of alkyl halides is 3. The van der Waals surface area contributed by atoms with Gasteiger partial charge in [0.15, 0.2) is 0 Å². The number of hydrogen-bond acceptors (Lipinski definition) is 4. The van der Waals surface area contributed by atoms with Crippen LogP contribution >= 0.6 is 0 Å². The van der Waals surface area contributed by atoms with Gasteiger partial charge >= 0.3 is 18.1 Å². The van der Waals surface area contributed by atoms with Crippen molar-refractivity contribution in [3.05, 3.63) is 72.3 Å². The molecule has 0 fully saturated rings. The van der Waals surface area contributed by atoms with Crippen molar-refractivity contribution >= 4 is 17.6 Å². The standard InChI is InChI=1S/C23H18F3NO4/c1-30-18-12-16(14-6-5-7-15(10-14)21(28)31-2)11-17(13-18)19-8-3-4-9-20(19)27-22(29)23(24,25)26/h3-13H,1-2H3,(H,27,29). The molecule has 31 heavy (non-hydrogen) atoms. The van der Waals surface area contributed by atoms with Crippen molar-refractivity contribution in [3.8, 4) is 28.0 Å². The quantitative estimate of drug-likeness (QED) is 0.558. The minimum Gasteiger partial charge on any atom is -0.497 e. The van der Waals surface area contributed by atoms with Gasteiger partial charge in [0.1, 0.15) is 5.75 Å². The molecule has 0 bridgehead atoms. The summed E-state index contributed by atoms with van der Waals surface area (Å²) in [7, 11) is 2.75. The maximum atomic E-state index is 12.7. The second-order valence-electron chi connectivity index (χ2n) is 6.52. The number of para-hydroxylation sites is 1. The van der Waals surface area contributed by atoms with Crippen molar-refractivity contribution in [1.82, 2.24) is 0 Å². The molecule has 0 heterocycles. The van der Waals surface area contributed by atoms with Gasteiger partial charge in [0.25, 0.3) is 0 Å². The molecule has 160 valence electrons. The topological polar surface area (TPSA) is 64.6 Å². The summed E-state index contributed by atoms with van der Waals surface area (Å²) in [6, 6.07) is 18.0. The molecule has 0 unspecified atom stereocenters. The van der Waals surface area contributed by atoms with Crippen molar-refractivity contribution in [2.24, 2.45) is 0 Å². The summed E-state index contributed by atoms with van der Waals surface area (Å²) in [5.74, 6) is -2.10. The van der Waals surface area contributed by atoms with Crippen LogP contribution < -0.4 is 10.1 Å². The van der Waals surface area contributed by atoms with Gasteiger partial charge in [-0.2, -0.15) is 13.2 Å². The highest BCUT2D eigenvalue weighted by atomic mass is 19.4. The summed E-state index contributed by atoms with van der Waals surface area (Å²) >= 11 is 0. The Morgan fingerprint density at radius 2 is 1.55 bits per heavy atom. The van der Waals surface area contributed by atoms with E-state index < -0.39 is 18.1 Å². The molecule has 3 aromatic rings. The molecule has 3 rings (SSSR count). The van der Waals surface area contributed by atoms with E-state index in [9.17, 15) is 22.8 Å². The van der Waals surface area contributed by atoms with Crippen LogP contribution in [0.25, 0.3) is 22.3 Å². The fourth-order valence-corrected chi connectivity index (χ4v) is 3.02. The molecule has 0 spiro atoms. The predicted molar refractivity (Wildman–Crippen MR) is 110 cm³/mol. The van der Waals surface area contributed by atoms with Gasteiger partial charge in [-0.1, -0.05) is 30.3 Å². The lowest BCUT2D eigenvalue weighted by Gasteiger charge is -2.15. The van der Waals surface area contributed by atoms with Crippen LogP contribution in [-0.4, -0.2) is 32.3 Å². The molecule has 0 aliphatic carbocycles. The molecular formula is C23H18F3NO4. The first kappa shape index (κ1) is 21.9. The number of carbonyl (C=O) groups is 2. The van der Waals surface area contributed by atoms with Gasteiger partial charge in [-0.3, -0.25) is 4.79 Å². The number of anilines is 1.